The number of carbonyl (C=O) groups is 9. The predicted molar refractivity (Wildman–Crippen MR) is 233 cm³/mol. The molecule has 0 spiro atoms. The highest BCUT2D eigenvalue weighted by molar-refractivity contribution is 5.81. The van der Waals surface area contributed by atoms with Gasteiger partial charge in [-0.25, -0.2) is 0 Å². The molecule has 0 aromatic carbocycles. The molecule has 0 radical (unpaired) electrons. The van der Waals surface area contributed by atoms with Gasteiger partial charge in [0.25, 0.3) is 0 Å². The second kappa shape index (κ2) is 43.6. The molecule has 27 nitrogen and oxygen atoms in total. The van der Waals surface area contributed by atoms with Crippen molar-refractivity contribution in [1.29, 1.82) is 0 Å². The normalized spacial score (nSPS) is 12.3. The number of hydrogen-bond donors (Lipinski definition) is 10. The van der Waals surface area contributed by atoms with Crippen molar-refractivity contribution in [2.24, 2.45) is 11.5 Å². The highest BCUT2D eigenvalue weighted by Gasteiger charge is 2.15. The van der Waals surface area contributed by atoms with Gasteiger partial charge in [-0.2, -0.15) is 0 Å². The van der Waals surface area contributed by atoms with E-state index in [1.165, 1.54) is 0 Å². The van der Waals surface area contributed by atoms with Crippen molar-refractivity contribution in [3.8, 4) is 0 Å². The summed E-state index contributed by atoms with van der Waals surface area (Å²) in [5, 5.41) is 33.1. The molecular formula is C40H72N8O19. The van der Waals surface area contributed by atoms with Crippen LogP contribution in [0.2, 0.25) is 0 Å². The fourth-order valence-corrected chi connectivity index (χ4v) is 4.88. The van der Waals surface area contributed by atoms with Crippen molar-refractivity contribution >= 4 is 53.7 Å². The number of aliphatic carboxylic acids is 2. The lowest BCUT2D eigenvalue weighted by Crippen LogP contribution is -2.38. The van der Waals surface area contributed by atoms with Crippen molar-refractivity contribution < 1.29 is 91.3 Å². The number of nitrogens with two attached hydrogens (primary N) is 2. The summed E-state index contributed by atoms with van der Waals surface area (Å²) in [6, 6.07) is -2.89. The molecule has 0 saturated heterocycles. The van der Waals surface area contributed by atoms with Crippen LogP contribution >= 0.6 is 0 Å². The fourth-order valence-electron chi connectivity index (χ4n) is 4.88. The Kier molecular flexibility index (Phi) is 40.4. The number of aldehydes is 1. The van der Waals surface area contributed by atoms with Crippen molar-refractivity contribution in [2.75, 3.05) is 138 Å². The molecule has 6 amide bonds. The molecule has 386 valence electrons. The fraction of sp³-hybridized carbons (Fsp3) is 0.775. The number of ether oxygens (including phenoxy) is 8. The van der Waals surface area contributed by atoms with Crippen LogP contribution in [0.5, 0.6) is 0 Å². The minimum absolute atomic E-state index is 0.00371. The molecule has 0 unspecified atom stereocenters. The van der Waals surface area contributed by atoms with Crippen LogP contribution in [0.3, 0.4) is 0 Å². The third-order valence-corrected chi connectivity index (χ3v) is 8.47. The Morgan fingerprint density at radius 3 is 1.06 bits per heavy atom. The van der Waals surface area contributed by atoms with Crippen LogP contribution in [-0.2, 0) is 81.0 Å². The molecule has 12 N–H and O–H groups in total. The van der Waals surface area contributed by atoms with Gasteiger partial charge in [-0.05, 0) is 32.1 Å². The zero-order valence-corrected chi connectivity index (χ0v) is 38.1. The Bertz CT molecular complexity index is 1420. The molecule has 0 fully saturated rings. The second-order valence-electron chi connectivity index (χ2n) is 14.2. The summed E-state index contributed by atoms with van der Waals surface area (Å²) < 4.78 is 42.3. The van der Waals surface area contributed by atoms with Gasteiger partial charge in [-0.3, -0.25) is 38.4 Å². The summed E-state index contributed by atoms with van der Waals surface area (Å²) >= 11 is 0. The summed E-state index contributed by atoms with van der Waals surface area (Å²) in [5.74, 6) is -4.48. The van der Waals surface area contributed by atoms with Crippen molar-refractivity contribution in [3.05, 3.63) is 0 Å². The Morgan fingerprint density at radius 2 is 0.716 bits per heavy atom. The Morgan fingerprint density at radius 1 is 0.403 bits per heavy atom. The van der Waals surface area contributed by atoms with Gasteiger partial charge >= 0.3 is 11.9 Å². The summed E-state index contributed by atoms with van der Waals surface area (Å²) in [5.41, 5.74) is 10.7. The number of nitrogens with one attached hydrogen (secondary N) is 6. The maximum absolute atomic E-state index is 12.1. The van der Waals surface area contributed by atoms with E-state index in [1.807, 2.05) is 0 Å². The van der Waals surface area contributed by atoms with Crippen molar-refractivity contribution in [3.63, 3.8) is 0 Å². The molecule has 27 heteroatoms. The van der Waals surface area contributed by atoms with Crippen LogP contribution < -0.4 is 43.4 Å². The Balaban J connectivity index is 3.60. The van der Waals surface area contributed by atoms with E-state index in [2.05, 4.69) is 31.9 Å². The number of rotatable bonds is 47. The molecule has 0 heterocycles. The minimum atomic E-state index is -1.17. The number of carbonyl (C=O) groups excluding carboxylic acids is 7. The molecule has 0 aromatic rings. The smallest absolute Gasteiger partial charge is 0.320 e. The lowest BCUT2D eigenvalue weighted by molar-refractivity contribution is -0.139. The molecule has 0 aliphatic carbocycles. The SMILES string of the molecule is N[C@@H](CCC(=O)NCCOCCOCC(=O)NCCOCCOCC(=O)NCCCC[C@@H](C=O)NC(=O)COCCOCCNC(=O)COCCOCCNC(=O)CC[C@H](N)C(=O)O)C(=O)O. The number of carboxylic acids is 2. The van der Waals surface area contributed by atoms with Crippen LogP contribution in [0.4, 0.5) is 0 Å². The van der Waals surface area contributed by atoms with Crippen LogP contribution in [0, 0.1) is 0 Å². The average Bonchev–Trinajstić information content (AvgIpc) is 3.29. The zero-order chi connectivity index (χ0) is 49.8. The van der Waals surface area contributed by atoms with Crippen molar-refractivity contribution in [2.45, 2.75) is 63.1 Å². The average molecular weight is 969 g/mol. The highest BCUT2D eigenvalue weighted by atomic mass is 16.5. The van der Waals surface area contributed by atoms with Gasteiger partial charge in [0.15, 0.2) is 0 Å². The van der Waals surface area contributed by atoms with Gasteiger partial charge in [-0.15, -0.1) is 0 Å². The highest BCUT2D eigenvalue weighted by Crippen LogP contribution is 2.00. The van der Waals surface area contributed by atoms with Gasteiger partial charge in [0.2, 0.25) is 35.4 Å². The van der Waals surface area contributed by atoms with Crippen LogP contribution in [0.1, 0.15) is 44.9 Å². The largest absolute Gasteiger partial charge is 0.480 e. The van der Waals surface area contributed by atoms with E-state index in [9.17, 15) is 43.2 Å². The van der Waals surface area contributed by atoms with Crippen LogP contribution in [-0.4, -0.2) is 220 Å². The minimum Gasteiger partial charge on any atom is -0.480 e. The molecular weight excluding hydrogens is 896 g/mol. The maximum Gasteiger partial charge on any atom is 0.320 e. The monoisotopic (exact) mass is 968 g/mol. The number of carboxylic acid groups (broad SMARTS) is 2. The first-order chi connectivity index (χ1) is 32.2. The van der Waals surface area contributed by atoms with E-state index >= 15 is 0 Å². The third-order valence-electron chi connectivity index (χ3n) is 8.47. The first-order valence-electron chi connectivity index (χ1n) is 21.9. The van der Waals surface area contributed by atoms with Gasteiger partial charge in [0.05, 0.1) is 85.3 Å². The first-order valence-corrected chi connectivity index (χ1v) is 21.9. The Labute approximate surface area is 389 Å². The van der Waals surface area contributed by atoms with Gasteiger partial charge in [0, 0.05) is 45.6 Å². The van der Waals surface area contributed by atoms with E-state index < -0.39 is 36.0 Å². The molecule has 0 saturated carbocycles. The van der Waals surface area contributed by atoms with Crippen LogP contribution in [0.15, 0.2) is 0 Å². The number of amides is 6. The third kappa shape index (κ3) is 42.2. The number of unbranched alkanes of at least 4 members (excludes halogenated alkanes) is 1. The van der Waals surface area contributed by atoms with Gasteiger partial charge in [0.1, 0.15) is 44.8 Å². The van der Waals surface area contributed by atoms with E-state index in [-0.39, 0.29) is 187 Å². The van der Waals surface area contributed by atoms with E-state index in [1.54, 1.807) is 0 Å². The van der Waals surface area contributed by atoms with Crippen molar-refractivity contribution in [1.82, 2.24) is 31.9 Å². The summed E-state index contributed by atoms with van der Waals surface area (Å²) in [4.78, 5) is 104. The summed E-state index contributed by atoms with van der Waals surface area (Å²) in [7, 11) is 0. The molecule has 0 aromatic heterocycles. The van der Waals surface area contributed by atoms with E-state index in [0.717, 1.165) is 0 Å². The quantitative estimate of drug-likeness (QED) is 0.0201. The standard InChI is InChI=1S/C40H72N8O19/c41-31(39(56)57)4-6-33(50)44-9-13-60-17-22-65-27-36(53)46-11-15-62-19-21-64-26-35(52)43-8-2-1-3-30(25-49)48-38(55)29-67-24-20-63-16-12-47-37(54)28-66-23-18-61-14-10-45-34(51)7-5-32(42)40(58)59/h25,30-32H,1-24,26-29,41-42H2,(H,43,52)(H,44,50)(H,45,51)(H,46,53)(H,47,54)(H,48,55)(H,56,57)(H,58,59)/t30-,31-,32-/m0/s1. The molecule has 0 bridgehead atoms. The molecule has 67 heavy (non-hydrogen) atoms. The van der Waals surface area contributed by atoms with Gasteiger partial charge < -0.3 is 96.3 Å². The lowest BCUT2D eigenvalue weighted by Gasteiger charge is -2.13. The lowest BCUT2D eigenvalue weighted by atomic mass is 10.1. The predicted octanol–water partition coefficient (Wildman–Crippen LogP) is -5.06. The number of hydrogen-bond acceptors (Lipinski definition) is 19. The molecule has 0 rings (SSSR count). The topological polar surface area (TPSA) is 392 Å². The summed E-state index contributed by atoms with van der Waals surface area (Å²) in [6.45, 7) is 2.70. The summed E-state index contributed by atoms with van der Waals surface area (Å²) in [6.07, 6.45) is 2.18. The second-order valence-corrected chi connectivity index (χ2v) is 14.2. The van der Waals surface area contributed by atoms with E-state index in [0.29, 0.717) is 32.1 Å². The molecule has 0 aliphatic heterocycles. The Hall–Kier alpha value is -4.97. The maximum atomic E-state index is 12.1. The van der Waals surface area contributed by atoms with Gasteiger partial charge in [-0.1, -0.05) is 0 Å². The molecule has 0 aliphatic rings. The van der Waals surface area contributed by atoms with Crippen LogP contribution in [0.25, 0.3) is 0 Å². The first kappa shape index (κ1) is 62.0. The molecule has 3 atom stereocenters. The zero-order valence-electron chi connectivity index (χ0n) is 38.1. The van der Waals surface area contributed by atoms with E-state index in [4.69, 9.17) is 59.6 Å².